The van der Waals surface area contributed by atoms with E-state index in [1.54, 1.807) is 13.1 Å². The van der Waals surface area contributed by atoms with Crippen LogP contribution in [-0.2, 0) is 6.42 Å². The van der Waals surface area contributed by atoms with Crippen LogP contribution in [0.15, 0.2) is 18.2 Å². The predicted molar refractivity (Wildman–Crippen MR) is 80.4 cm³/mol. The Labute approximate surface area is 123 Å². The Hall–Kier alpha value is -2.48. The summed E-state index contributed by atoms with van der Waals surface area (Å²) in [6.07, 6.45) is 1.68. The molecule has 0 amide bonds. The van der Waals surface area contributed by atoms with Crippen molar-refractivity contribution >= 4 is 5.82 Å². The fourth-order valence-corrected chi connectivity index (χ4v) is 2.21. The number of hydrogen-bond acceptors (Lipinski definition) is 4. The van der Waals surface area contributed by atoms with Gasteiger partial charge in [0.15, 0.2) is 0 Å². The average Bonchev–Trinajstić information content (AvgIpc) is 2.48. The predicted octanol–water partition coefficient (Wildman–Crippen LogP) is 3.46. The molecular formula is C16H17FN4. The van der Waals surface area contributed by atoms with Crippen molar-refractivity contribution in [3.8, 4) is 17.3 Å². The first-order valence-corrected chi connectivity index (χ1v) is 6.85. The normalized spacial score (nSPS) is 10.2. The zero-order valence-corrected chi connectivity index (χ0v) is 12.4. The molecule has 0 atom stereocenters. The van der Waals surface area contributed by atoms with Crippen LogP contribution < -0.4 is 5.32 Å². The van der Waals surface area contributed by atoms with E-state index >= 15 is 0 Å². The van der Waals surface area contributed by atoms with Crippen molar-refractivity contribution in [2.75, 3.05) is 12.4 Å². The number of nitrogens with zero attached hydrogens (tertiary/aromatic N) is 3. The minimum atomic E-state index is -0.440. The van der Waals surface area contributed by atoms with Crippen molar-refractivity contribution in [3.05, 3.63) is 41.0 Å². The zero-order valence-electron chi connectivity index (χ0n) is 12.4. The summed E-state index contributed by atoms with van der Waals surface area (Å²) >= 11 is 0. The van der Waals surface area contributed by atoms with E-state index in [2.05, 4.69) is 22.2 Å². The smallest absolute Gasteiger partial charge is 0.132 e. The van der Waals surface area contributed by atoms with E-state index in [9.17, 15) is 4.39 Å². The largest absolute Gasteiger partial charge is 0.373 e. The summed E-state index contributed by atoms with van der Waals surface area (Å²) in [6, 6.07) is 6.22. The Morgan fingerprint density at radius 3 is 2.67 bits per heavy atom. The van der Waals surface area contributed by atoms with Gasteiger partial charge in [0.2, 0.25) is 0 Å². The van der Waals surface area contributed by atoms with Gasteiger partial charge < -0.3 is 5.32 Å². The monoisotopic (exact) mass is 284 g/mol. The highest BCUT2D eigenvalue weighted by molar-refractivity contribution is 5.69. The van der Waals surface area contributed by atoms with Gasteiger partial charge in [-0.1, -0.05) is 6.92 Å². The van der Waals surface area contributed by atoms with Gasteiger partial charge in [0.05, 0.1) is 17.3 Å². The zero-order chi connectivity index (χ0) is 15.4. The summed E-state index contributed by atoms with van der Waals surface area (Å²) in [6.45, 7) is 3.94. The van der Waals surface area contributed by atoms with Crippen LogP contribution >= 0.6 is 0 Å². The molecule has 0 bridgehead atoms. The molecule has 0 aliphatic heterocycles. The fourth-order valence-electron chi connectivity index (χ4n) is 2.21. The van der Waals surface area contributed by atoms with Gasteiger partial charge in [-0.25, -0.2) is 14.4 Å². The van der Waals surface area contributed by atoms with Gasteiger partial charge >= 0.3 is 0 Å². The van der Waals surface area contributed by atoms with E-state index in [1.165, 1.54) is 12.1 Å². The fraction of sp³-hybridized carbons (Fsp3) is 0.312. The maximum atomic E-state index is 13.7. The minimum Gasteiger partial charge on any atom is -0.373 e. The first-order chi connectivity index (χ1) is 10.1. The molecule has 2 rings (SSSR count). The number of rotatable bonds is 4. The standard InChI is InChI=1S/C16H17FN4/c1-4-5-14-20-15(10(2)16(19-3)21-14)12-6-11(9-18)7-13(17)8-12/h6-8H,4-5H2,1-3H3,(H,19,20,21). The molecule has 1 N–H and O–H groups in total. The molecule has 108 valence electrons. The molecule has 2 aromatic rings. The molecule has 1 aromatic heterocycles. The Kier molecular flexibility index (Phi) is 4.49. The van der Waals surface area contributed by atoms with Crippen molar-refractivity contribution in [3.63, 3.8) is 0 Å². The molecule has 5 heteroatoms. The van der Waals surface area contributed by atoms with Gasteiger partial charge in [0, 0.05) is 24.6 Å². The van der Waals surface area contributed by atoms with Crippen LogP contribution in [0.5, 0.6) is 0 Å². The number of hydrogen-bond donors (Lipinski definition) is 1. The van der Waals surface area contributed by atoms with Crippen molar-refractivity contribution in [2.24, 2.45) is 0 Å². The van der Waals surface area contributed by atoms with E-state index < -0.39 is 5.82 Å². The van der Waals surface area contributed by atoms with Gasteiger partial charge in [0.1, 0.15) is 17.5 Å². The highest BCUT2D eigenvalue weighted by Gasteiger charge is 2.13. The summed E-state index contributed by atoms with van der Waals surface area (Å²) in [7, 11) is 1.79. The number of nitrogens with one attached hydrogen (secondary N) is 1. The Balaban J connectivity index is 2.64. The Bertz CT molecular complexity index is 704. The van der Waals surface area contributed by atoms with Crippen molar-refractivity contribution in [1.82, 2.24) is 9.97 Å². The van der Waals surface area contributed by atoms with Crippen molar-refractivity contribution in [1.29, 1.82) is 5.26 Å². The van der Waals surface area contributed by atoms with Crippen LogP contribution in [0.2, 0.25) is 0 Å². The number of aryl methyl sites for hydroxylation is 1. The number of aromatic nitrogens is 2. The van der Waals surface area contributed by atoms with Crippen molar-refractivity contribution in [2.45, 2.75) is 26.7 Å². The third kappa shape index (κ3) is 3.16. The lowest BCUT2D eigenvalue weighted by Crippen LogP contribution is -2.05. The Morgan fingerprint density at radius 2 is 2.05 bits per heavy atom. The summed E-state index contributed by atoms with van der Waals surface area (Å²) < 4.78 is 13.7. The maximum Gasteiger partial charge on any atom is 0.132 e. The van der Waals surface area contributed by atoms with Crippen LogP contribution in [0.25, 0.3) is 11.3 Å². The maximum absolute atomic E-state index is 13.7. The van der Waals surface area contributed by atoms with Gasteiger partial charge in [-0.3, -0.25) is 0 Å². The summed E-state index contributed by atoms with van der Waals surface area (Å²) in [5, 5.41) is 12.0. The van der Waals surface area contributed by atoms with Crippen LogP contribution in [0.1, 0.15) is 30.3 Å². The summed E-state index contributed by atoms with van der Waals surface area (Å²) in [4.78, 5) is 8.98. The Morgan fingerprint density at radius 1 is 1.29 bits per heavy atom. The highest BCUT2D eigenvalue weighted by atomic mass is 19.1. The first kappa shape index (κ1) is 14.9. The molecule has 0 fully saturated rings. The molecule has 0 aliphatic rings. The lowest BCUT2D eigenvalue weighted by molar-refractivity contribution is 0.627. The molecule has 0 aliphatic carbocycles. The third-order valence-electron chi connectivity index (χ3n) is 3.20. The quantitative estimate of drug-likeness (QED) is 0.934. The van der Waals surface area contributed by atoms with E-state index in [1.807, 2.05) is 13.0 Å². The van der Waals surface area contributed by atoms with Gasteiger partial charge in [-0.05, 0) is 31.5 Å². The van der Waals surface area contributed by atoms with Gasteiger partial charge in [-0.2, -0.15) is 5.26 Å². The third-order valence-corrected chi connectivity index (χ3v) is 3.20. The van der Waals surface area contributed by atoms with Crippen LogP contribution in [0.3, 0.4) is 0 Å². The lowest BCUT2D eigenvalue weighted by Gasteiger charge is -2.12. The van der Waals surface area contributed by atoms with E-state index in [4.69, 9.17) is 5.26 Å². The molecule has 4 nitrogen and oxygen atoms in total. The molecular weight excluding hydrogens is 267 g/mol. The van der Waals surface area contributed by atoms with Gasteiger partial charge in [0.25, 0.3) is 0 Å². The molecule has 1 aromatic carbocycles. The molecule has 21 heavy (non-hydrogen) atoms. The SMILES string of the molecule is CCCc1nc(NC)c(C)c(-c2cc(F)cc(C#N)c2)n1. The van der Waals surface area contributed by atoms with Crippen LogP contribution in [-0.4, -0.2) is 17.0 Å². The lowest BCUT2D eigenvalue weighted by atomic mass is 10.0. The highest BCUT2D eigenvalue weighted by Crippen LogP contribution is 2.27. The van der Waals surface area contributed by atoms with Crippen LogP contribution in [0, 0.1) is 24.1 Å². The van der Waals surface area contributed by atoms with Crippen LogP contribution in [0.4, 0.5) is 10.2 Å². The number of anilines is 1. The van der Waals surface area contributed by atoms with Gasteiger partial charge in [-0.15, -0.1) is 0 Å². The number of halogens is 1. The minimum absolute atomic E-state index is 0.283. The average molecular weight is 284 g/mol. The topological polar surface area (TPSA) is 61.6 Å². The molecule has 0 radical (unpaired) electrons. The molecule has 1 heterocycles. The number of nitriles is 1. The van der Waals surface area contributed by atoms with E-state index in [0.717, 1.165) is 24.2 Å². The second-order valence-corrected chi connectivity index (χ2v) is 4.80. The second-order valence-electron chi connectivity index (χ2n) is 4.80. The second kappa shape index (κ2) is 6.31. The summed E-state index contributed by atoms with van der Waals surface area (Å²) in [5.74, 6) is 1.00. The summed E-state index contributed by atoms with van der Waals surface area (Å²) in [5.41, 5.74) is 2.38. The first-order valence-electron chi connectivity index (χ1n) is 6.85. The van der Waals surface area contributed by atoms with E-state index in [0.29, 0.717) is 17.1 Å². The molecule has 0 spiro atoms. The molecule has 0 saturated heterocycles. The van der Waals surface area contributed by atoms with Crippen molar-refractivity contribution < 1.29 is 4.39 Å². The molecule has 0 saturated carbocycles. The van der Waals surface area contributed by atoms with E-state index in [-0.39, 0.29) is 5.56 Å². The number of benzene rings is 1. The molecule has 0 unspecified atom stereocenters.